The lowest BCUT2D eigenvalue weighted by molar-refractivity contribution is 0.346. The smallest absolute Gasteiger partial charge is 0.224 e. The average Bonchev–Trinajstić information content (AvgIpc) is 2.10. The highest BCUT2D eigenvalue weighted by Crippen LogP contribution is 2.24. The van der Waals surface area contributed by atoms with E-state index >= 15 is 0 Å². The van der Waals surface area contributed by atoms with Crippen molar-refractivity contribution >= 4 is 28.4 Å². The topological polar surface area (TPSA) is 9.23 Å². The van der Waals surface area contributed by atoms with Crippen LogP contribution in [0.5, 0.6) is 0 Å². The highest BCUT2D eigenvalue weighted by atomic mass is 32.2. The third-order valence-corrected chi connectivity index (χ3v) is 3.12. The van der Waals surface area contributed by atoms with E-state index in [0.717, 1.165) is 0 Å². The largest absolute Gasteiger partial charge is 0.479 e. The number of thiocarbonyl (C=S) groups is 1. The fraction of sp³-hybridized carbons (Fsp3) is 0.364. The van der Waals surface area contributed by atoms with E-state index < -0.39 is 0 Å². The van der Waals surface area contributed by atoms with Crippen LogP contribution in [0.15, 0.2) is 23.1 Å². The van der Waals surface area contributed by atoms with E-state index in [1.807, 2.05) is 6.92 Å². The molecule has 0 bridgehead atoms. The van der Waals surface area contributed by atoms with Gasteiger partial charge in [-0.3, -0.25) is 0 Å². The van der Waals surface area contributed by atoms with Crippen LogP contribution >= 0.6 is 24.0 Å². The fourth-order valence-corrected chi connectivity index (χ4v) is 2.25. The summed E-state index contributed by atoms with van der Waals surface area (Å²) in [6, 6.07) is 6.32. The SMILES string of the molecule is CCOC(=S)Sc1ccc(C)cc1C. The number of hydrogen-bond acceptors (Lipinski definition) is 3. The summed E-state index contributed by atoms with van der Waals surface area (Å²) in [5, 5.41) is 0. The number of benzene rings is 1. The molecular formula is C11H14OS2. The number of rotatable bonds is 2. The van der Waals surface area contributed by atoms with Gasteiger partial charge < -0.3 is 4.74 Å². The van der Waals surface area contributed by atoms with Gasteiger partial charge in [-0.25, -0.2) is 0 Å². The molecule has 3 heteroatoms. The molecule has 0 N–H and O–H groups in total. The second-order valence-electron chi connectivity index (χ2n) is 3.05. The molecule has 0 radical (unpaired) electrons. The molecular weight excluding hydrogens is 212 g/mol. The van der Waals surface area contributed by atoms with E-state index in [1.165, 1.54) is 27.8 Å². The van der Waals surface area contributed by atoms with Gasteiger partial charge in [0, 0.05) is 4.90 Å². The van der Waals surface area contributed by atoms with E-state index in [9.17, 15) is 0 Å². The zero-order valence-electron chi connectivity index (χ0n) is 8.66. The molecule has 0 aromatic heterocycles. The van der Waals surface area contributed by atoms with Crippen molar-refractivity contribution in [1.82, 2.24) is 0 Å². The Morgan fingerprint density at radius 2 is 2.14 bits per heavy atom. The minimum absolute atomic E-state index is 0.597. The maximum absolute atomic E-state index is 5.23. The third-order valence-electron chi connectivity index (χ3n) is 1.79. The lowest BCUT2D eigenvalue weighted by atomic mass is 10.2. The zero-order chi connectivity index (χ0) is 10.6. The van der Waals surface area contributed by atoms with Gasteiger partial charge in [0.15, 0.2) is 0 Å². The first kappa shape index (κ1) is 11.5. The summed E-state index contributed by atoms with van der Waals surface area (Å²) >= 11 is 6.58. The molecule has 1 aromatic carbocycles. The molecule has 0 fully saturated rings. The van der Waals surface area contributed by atoms with Gasteiger partial charge in [-0.05, 0) is 56.4 Å². The van der Waals surface area contributed by atoms with Crippen molar-refractivity contribution in [2.75, 3.05) is 6.61 Å². The van der Waals surface area contributed by atoms with Crippen LogP contribution in [0.2, 0.25) is 0 Å². The Kier molecular flexibility index (Phi) is 4.42. The summed E-state index contributed by atoms with van der Waals surface area (Å²) in [5.41, 5.74) is 2.52. The molecule has 0 amide bonds. The predicted molar refractivity (Wildman–Crippen MR) is 66.0 cm³/mol. The minimum atomic E-state index is 0.597. The van der Waals surface area contributed by atoms with Gasteiger partial charge in [0.2, 0.25) is 4.38 Å². The Labute approximate surface area is 94.9 Å². The van der Waals surface area contributed by atoms with Crippen LogP contribution in [0.25, 0.3) is 0 Å². The molecule has 1 nitrogen and oxygen atoms in total. The first-order valence-electron chi connectivity index (χ1n) is 4.55. The van der Waals surface area contributed by atoms with Gasteiger partial charge in [-0.15, -0.1) is 0 Å². The van der Waals surface area contributed by atoms with Crippen LogP contribution in [0, 0.1) is 13.8 Å². The quantitative estimate of drug-likeness (QED) is 0.562. The van der Waals surface area contributed by atoms with E-state index in [1.54, 1.807) is 0 Å². The number of aryl methyl sites for hydroxylation is 2. The molecule has 0 saturated carbocycles. The van der Waals surface area contributed by atoms with E-state index in [0.29, 0.717) is 11.0 Å². The number of ether oxygens (including phenoxy) is 1. The Hall–Kier alpha value is -0.540. The van der Waals surface area contributed by atoms with Crippen molar-refractivity contribution in [1.29, 1.82) is 0 Å². The van der Waals surface area contributed by atoms with Crippen LogP contribution in [-0.4, -0.2) is 11.0 Å². The van der Waals surface area contributed by atoms with Crippen LogP contribution in [0.3, 0.4) is 0 Å². The molecule has 0 spiro atoms. The highest BCUT2D eigenvalue weighted by molar-refractivity contribution is 8.22. The summed E-state index contributed by atoms with van der Waals surface area (Å²) in [6.45, 7) is 6.75. The summed E-state index contributed by atoms with van der Waals surface area (Å²) in [5.74, 6) is 0. The standard InChI is InChI=1S/C11H14OS2/c1-4-12-11(13)14-10-6-5-8(2)7-9(10)3/h5-7H,4H2,1-3H3. The Bertz CT molecular complexity index is 334. The summed E-state index contributed by atoms with van der Waals surface area (Å²) in [4.78, 5) is 1.18. The molecule has 14 heavy (non-hydrogen) atoms. The summed E-state index contributed by atoms with van der Waals surface area (Å²) < 4.78 is 5.82. The van der Waals surface area contributed by atoms with Gasteiger partial charge in [0.25, 0.3) is 0 Å². The van der Waals surface area contributed by atoms with Crippen molar-refractivity contribution < 1.29 is 4.74 Å². The molecule has 0 aliphatic rings. The monoisotopic (exact) mass is 226 g/mol. The van der Waals surface area contributed by atoms with Crippen molar-refractivity contribution in [3.63, 3.8) is 0 Å². The molecule has 0 saturated heterocycles. The van der Waals surface area contributed by atoms with Crippen molar-refractivity contribution in [2.45, 2.75) is 25.7 Å². The summed E-state index contributed by atoms with van der Waals surface area (Å²) in [6.07, 6.45) is 0. The molecule has 0 aliphatic heterocycles. The van der Waals surface area contributed by atoms with Gasteiger partial charge >= 0.3 is 0 Å². The Balaban J connectivity index is 2.72. The van der Waals surface area contributed by atoms with E-state index in [4.69, 9.17) is 17.0 Å². The molecule has 0 aliphatic carbocycles. The van der Waals surface area contributed by atoms with Crippen molar-refractivity contribution in [3.8, 4) is 0 Å². The van der Waals surface area contributed by atoms with Crippen molar-refractivity contribution in [3.05, 3.63) is 29.3 Å². The van der Waals surface area contributed by atoms with Gasteiger partial charge in [-0.1, -0.05) is 17.7 Å². The van der Waals surface area contributed by atoms with E-state index in [2.05, 4.69) is 32.0 Å². The van der Waals surface area contributed by atoms with Crippen LogP contribution in [0.1, 0.15) is 18.1 Å². The number of thioether (sulfide) groups is 1. The summed E-state index contributed by atoms with van der Waals surface area (Å²) in [7, 11) is 0. The molecule has 0 heterocycles. The second kappa shape index (κ2) is 5.37. The third kappa shape index (κ3) is 3.31. The normalized spacial score (nSPS) is 9.93. The Morgan fingerprint density at radius 3 is 2.71 bits per heavy atom. The van der Waals surface area contributed by atoms with Gasteiger partial charge in [0.05, 0.1) is 6.61 Å². The van der Waals surface area contributed by atoms with Gasteiger partial charge in [0.1, 0.15) is 0 Å². The fourth-order valence-electron chi connectivity index (χ4n) is 1.15. The molecule has 0 atom stereocenters. The number of hydrogen-bond donors (Lipinski definition) is 0. The predicted octanol–water partition coefficient (Wildman–Crippen LogP) is 3.72. The average molecular weight is 226 g/mol. The Morgan fingerprint density at radius 1 is 1.43 bits per heavy atom. The maximum atomic E-state index is 5.23. The van der Waals surface area contributed by atoms with Gasteiger partial charge in [-0.2, -0.15) is 0 Å². The van der Waals surface area contributed by atoms with Crippen LogP contribution in [-0.2, 0) is 4.74 Å². The lowest BCUT2D eigenvalue weighted by Gasteiger charge is -2.07. The van der Waals surface area contributed by atoms with E-state index in [-0.39, 0.29) is 0 Å². The molecule has 1 aromatic rings. The van der Waals surface area contributed by atoms with Crippen LogP contribution < -0.4 is 0 Å². The van der Waals surface area contributed by atoms with Crippen LogP contribution in [0.4, 0.5) is 0 Å². The van der Waals surface area contributed by atoms with Crippen molar-refractivity contribution in [2.24, 2.45) is 0 Å². The lowest BCUT2D eigenvalue weighted by Crippen LogP contribution is -1.96. The highest BCUT2D eigenvalue weighted by Gasteiger charge is 2.03. The maximum Gasteiger partial charge on any atom is 0.224 e. The zero-order valence-corrected chi connectivity index (χ0v) is 10.3. The molecule has 1 rings (SSSR count). The first-order chi connectivity index (χ1) is 6.63. The minimum Gasteiger partial charge on any atom is -0.479 e. The molecule has 0 unspecified atom stereocenters. The second-order valence-corrected chi connectivity index (χ2v) is 4.70. The first-order valence-corrected chi connectivity index (χ1v) is 5.78. The molecule has 76 valence electrons.